The Morgan fingerprint density at radius 2 is 1.65 bits per heavy atom. The Balaban J connectivity index is 1.44. The van der Waals surface area contributed by atoms with Gasteiger partial charge in [-0.1, -0.05) is 57.4 Å². The molecule has 0 radical (unpaired) electrons. The minimum absolute atomic E-state index is 0.142. The summed E-state index contributed by atoms with van der Waals surface area (Å²) in [5.41, 5.74) is 4.59. The van der Waals surface area contributed by atoms with Crippen LogP contribution in [0, 0.1) is 0 Å². The molecule has 1 saturated carbocycles. The summed E-state index contributed by atoms with van der Waals surface area (Å²) < 4.78 is 0. The summed E-state index contributed by atoms with van der Waals surface area (Å²) in [6, 6.07) is 14.0. The second-order valence-corrected chi connectivity index (χ2v) is 9.94. The van der Waals surface area contributed by atoms with E-state index >= 15 is 0 Å². The fourth-order valence-corrected chi connectivity index (χ4v) is 4.91. The zero-order valence-corrected chi connectivity index (χ0v) is 20.5. The highest BCUT2D eigenvalue weighted by Gasteiger charge is 2.21. The Bertz CT molecular complexity index is 974. The van der Waals surface area contributed by atoms with Crippen LogP contribution in [0.5, 0.6) is 0 Å². The molecule has 2 fully saturated rings. The Labute approximate surface area is 203 Å². The molecule has 2 aromatic rings. The molecule has 182 valence electrons. The Morgan fingerprint density at radius 1 is 0.941 bits per heavy atom. The molecule has 1 heterocycles. The van der Waals surface area contributed by atoms with E-state index in [-0.39, 0.29) is 18.0 Å². The van der Waals surface area contributed by atoms with E-state index in [4.69, 9.17) is 0 Å². The van der Waals surface area contributed by atoms with E-state index in [1.165, 1.54) is 24.8 Å². The molecule has 6 nitrogen and oxygen atoms in total. The molecular formula is C28H38N4O2. The summed E-state index contributed by atoms with van der Waals surface area (Å²) in [5.74, 6) is 0.343. The molecule has 3 amide bonds. The van der Waals surface area contributed by atoms with E-state index in [2.05, 4.69) is 59.0 Å². The molecular weight excluding hydrogens is 424 g/mol. The van der Waals surface area contributed by atoms with Crippen LogP contribution < -0.4 is 20.9 Å². The zero-order valence-electron chi connectivity index (χ0n) is 20.5. The van der Waals surface area contributed by atoms with Crippen LogP contribution in [0.2, 0.25) is 0 Å². The van der Waals surface area contributed by atoms with Crippen LogP contribution >= 0.6 is 0 Å². The average Bonchev–Trinajstić information content (AvgIpc) is 3.38. The Morgan fingerprint density at radius 3 is 2.32 bits per heavy atom. The number of nitrogens with zero attached hydrogens (tertiary/aromatic N) is 1. The molecule has 2 aromatic carbocycles. The van der Waals surface area contributed by atoms with E-state index < -0.39 is 0 Å². The number of amides is 3. The topological polar surface area (TPSA) is 73.5 Å². The predicted octanol–water partition coefficient (Wildman–Crippen LogP) is 5.79. The predicted molar refractivity (Wildman–Crippen MR) is 139 cm³/mol. The molecule has 1 aliphatic heterocycles. The van der Waals surface area contributed by atoms with Gasteiger partial charge in [0, 0.05) is 31.2 Å². The van der Waals surface area contributed by atoms with Crippen LogP contribution in [0.1, 0.15) is 86.2 Å². The molecule has 3 N–H and O–H groups in total. The van der Waals surface area contributed by atoms with Gasteiger partial charge in [0.05, 0.1) is 11.4 Å². The lowest BCUT2D eigenvalue weighted by atomic mass is 9.96. The first-order chi connectivity index (χ1) is 16.5. The normalized spacial score (nSPS) is 16.5. The minimum Gasteiger partial charge on any atom is -0.370 e. The van der Waals surface area contributed by atoms with Crippen LogP contribution in [-0.2, 0) is 6.54 Å². The number of urea groups is 1. The molecule has 0 unspecified atom stereocenters. The monoisotopic (exact) mass is 462 g/mol. The van der Waals surface area contributed by atoms with E-state index in [0.29, 0.717) is 23.7 Å². The lowest BCUT2D eigenvalue weighted by Gasteiger charge is -2.25. The van der Waals surface area contributed by atoms with Crippen molar-refractivity contribution in [3.63, 3.8) is 0 Å². The summed E-state index contributed by atoms with van der Waals surface area (Å²) in [6.45, 7) is 6.75. The third kappa shape index (κ3) is 6.31. The van der Waals surface area contributed by atoms with Crippen molar-refractivity contribution in [2.45, 2.75) is 77.3 Å². The number of hydrogen-bond donors (Lipinski definition) is 3. The largest absolute Gasteiger partial charge is 0.370 e. The van der Waals surface area contributed by atoms with Crippen molar-refractivity contribution in [1.29, 1.82) is 0 Å². The van der Waals surface area contributed by atoms with Crippen molar-refractivity contribution < 1.29 is 9.59 Å². The molecule has 6 heteroatoms. The maximum atomic E-state index is 12.9. The van der Waals surface area contributed by atoms with Gasteiger partial charge >= 0.3 is 6.03 Å². The highest BCUT2D eigenvalue weighted by Crippen LogP contribution is 2.30. The van der Waals surface area contributed by atoms with Crippen LogP contribution in [-0.4, -0.2) is 31.1 Å². The van der Waals surface area contributed by atoms with Gasteiger partial charge in [-0.3, -0.25) is 4.79 Å². The van der Waals surface area contributed by atoms with Gasteiger partial charge in [0.15, 0.2) is 0 Å². The molecule has 2 aliphatic rings. The quantitative estimate of drug-likeness (QED) is 0.487. The number of hydrogen-bond acceptors (Lipinski definition) is 3. The molecule has 0 spiro atoms. The number of nitrogens with one attached hydrogen (secondary N) is 3. The standard InChI is InChI=1S/C28H38N4O2/c1-20(2)22-12-10-21(11-13-22)19-29-27(33)23-14-15-26(32-16-6-7-17-32)25(18-23)31-28(34)30-24-8-4-3-5-9-24/h10-15,18,20,24H,3-9,16-17,19H2,1-2H3,(H,29,33)(H2,30,31,34). The van der Waals surface area contributed by atoms with Gasteiger partial charge in [0.1, 0.15) is 0 Å². The van der Waals surface area contributed by atoms with Crippen LogP contribution in [0.15, 0.2) is 42.5 Å². The fraction of sp³-hybridized carbons (Fsp3) is 0.500. The van der Waals surface area contributed by atoms with E-state index in [1.807, 2.05) is 18.2 Å². The lowest BCUT2D eigenvalue weighted by molar-refractivity contribution is 0.0951. The van der Waals surface area contributed by atoms with E-state index in [9.17, 15) is 9.59 Å². The maximum Gasteiger partial charge on any atom is 0.319 e. The molecule has 0 bridgehead atoms. The van der Waals surface area contributed by atoms with Crippen LogP contribution in [0.4, 0.5) is 16.2 Å². The summed E-state index contributed by atoms with van der Waals surface area (Å²) in [4.78, 5) is 28.0. The molecule has 0 aromatic heterocycles. The molecule has 34 heavy (non-hydrogen) atoms. The highest BCUT2D eigenvalue weighted by atomic mass is 16.2. The molecule has 0 atom stereocenters. The van der Waals surface area contributed by atoms with Gasteiger partial charge in [0.25, 0.3) is 5.91 Å². The zero-order chi connectivity index (χ0) is 23.9. The third-order valence-electron chi connectivity index (χ3n) is 6.99. The summed E-state index contributed by atoms with van der Waals surface area (Å²) in [5, 5.41) is 9.19. The minimum atomic E-state index is -0.185. The number of carbonyl (C=O) groups excluding carboxylic acids is 2. The SMILES string of the molecule is CC(C)c1ccc(CNC(=O)c2ccc(N3CCCC3)c(NC(=O)NC3CCCCC3)c2)cc1. The Hall–Kier alpha value is -3.02. The van der Waals surface area contributed by atoms with Crippen molar-refractivity contribution in [3.8, 4) is 0 Å². The van der Waals surface area contributed by atoms with Gasteiger partial charge < -0.3 is 20.9 Å². The first kappa shape index (κ1) is 24.1. The molecule has 4 rings (SSSR count). The second kappa shape index (κ2) is 11.4. The fourth-order valence-electron chi connectivity index (χ4n) is 4.91. The number of benzene rings is 2. The van der Waals surface area contributed by atoms with Crippen LogP contribution in [0.25, 0.3) is 0 Å². The average molecular weight is 463 g/mol. The summed E-state index contributed by atoms with van der Waals surface area (Å²) in [7, 11) is 0. The first-order valence-electron chi connectivity index (χ1n) is 12.8. The number of anilines is 2. The van der Waals surface area contributed by atoms with Gasteiger partial charge in [-0.05, 0) is 60.9 Å². The van der Waals surface area contributed by atoms with Gasteiger partial charge in [-0.2, -0.15) is 0 Å². The maximum absolute atomic E-state index is 12.9. The molecule has 1 aliphatic carbocycles. The van der Waals surface area contributed by atoms with Gasteiger partial charge in [-0.25, -0.2) is 4.79 Å². The van der Waals surface area contributed by atoms with Crippen LogP contribution in [0.3, 0.4) is 0 Å². The first-order valence-corrected chi connectivity index (χ1v) is 12.8. The smallest absolute Gasteiger partial charge is 0.319 e. The number of carbonyl (C=O) groups is 2. The Kier molecular flexibility index (Phi) is 8.09. The summed E-state index contributed by atoms with van der Waals surface area (Å²) in [6.07, 6.45) is 7.94. The van der Waals surface area contributed by atoms with E-state index in [0.717, 1.165) is 50.0 Å². The molecule has 1 saturated heterocycles. The van der Waals surface area contributed by atoms with Crippen molar-refractivity contribution in [2.24, 2.45) is 0 Å². The van der Waals surface area contributed by atoms with Gasteiger partial charge in [-0.15, -0.1) is 0 Å². The van der Waals surface area contributed by atoms with E-state index in [1.54, 1.807) is 0 Å². The third-order valence-corrected chi connectivity index (χ3v) is 6.99. The van der Waals surface area contributed by atoms with Crippen molar-refractivity contribution >= 4 is 23.3 Å². The van der Waals surface area contributed by atoms with Gasteiger partial charge in [0.2, 0.25) is 0 Å². The highest BCUT2D eigenvalue weighted by molar-refractivity contribution is 5.99. The lowest BCUT2D eigenvalue weighted by Crippen LogP contribution is -2.39. The van der Waals surface area contributed by atoms with Crippen molar-refractivity contribution in [2.75, 3.05) is 23.3 Å². The number of rotatable bonds is 7. The van der Waals surface area contributed by atoms with Crippen molar-refractivity contribution in [1.82, 2.24) is 10.6 Å². The summed E-state index contributed by atoms with van der Waals surface area (Å²) >= 11 is 0. The van der Waals surface area contributed by atoms with Crippen molar-refractivity contribution in [3.05, 3.63) is 59.2 Å². The second-order valence-electron chi connectivity index (χ2n) is 9.94.